The van der Waals surface area contributed by atoms with E-state index in [-0.39, 0.29) is 16.9 Å². The van der Waals surface area contributed by atoms with E-state index in [9.17, 15) is 14.0 Å². The Morgan fingerprint density at radius 2 is 1.64 bits per heavy atom. The molecule has 6 heteroatoms. The molecule has 36 heavy (non-hydrogen) atoms. The van der Waals surface area contributed by atoms with E-state index in [0.29, 0.717) is 34.5 Å². The number of amides is 1. The number of benzene rings is 3. The summed E-state index contributed by atoms with van der Waals surface area (Å²) in [6, 6.07) is 20.1. The number of hydrogen-bond acceptors (Lipinski definition) is 3. The highest BCUT2D eigenvalue weighted by molar-refractivity contribution is 5.94. The summed E-state index contributed by atoms with van der Waals surface area (Å²) in [7, 11) is 0. The van der Waals surface area contributed by atoms with E-state index in [1.54, 1.807) is 35.2 Å². The Hall–Kier alpha value is -3.80. The predicted octanol–water partition coefficient (Wildman–Crippen LogP) is 6.44. The molecule has 0 aliphatic heterocycles. The summed E-state index contributed by atoms with van der Waals surface area (Å²) in [6.07, 6.45) is 0.741. The maximum absolute atomic E-state index is 13.7. The highest BCUT2D eigenvalue weighted by atomic mass is 19.1. The average molecular weight is 486 g/mol. The van der Waals surface area contributed by atoms with Gasteiger partial charge >= 0.3 is 0 Å². The van der Waals surface area contributed by atoms with Crippen molar-refractivity contribution in [3.8, 4) is 5.69 Å². The van der Waals surface area contributed by atoms with Crippen LogP contribution in [-0.4, -0.2) is 26.9 Å². The Morgan fingerprint density at radius 1 is 1.00 bits per heavy atom. The lowest BCUT2D eigenvalue weighted by Gasteiger charge is -2.30. The van der Waals surface area contributed by atoms with Crippen molar-refractivity contribution < 1.29 is 9.18 Å². The van der Waals surface area contributed by atoms with Gasteiger partial charge in [-0.2, -0.15) is 0 Å². The molecule has 0 N–H and O–H groups in total. The molecule has 0 aliphatic rings. The van der Waals surface area contributed by atoms with Crippen LogP contribution in [0.5, 0.6) is 0 Å². The van der Waals surface area contributed by atoms with Gasteiger partial charge in [0.05, 0.1) is 22.6 Å². The lowest BCUT2D eigenvalue weighted by molar-refractivity contribution is 0.0681. The Morgan fingerprint density at radius 3 is 2.25 bits per heavy atom. The minimum atomic E-state index is -0.512. The van der Waals surface area contributed by atoms with Crippen LogP contribution in [0.25, 0.3) is 16.6 Å². The van der Waals surface area contributed by atoms with E-state index in [1.165, 1.54) is 16.7 Å². The summed E-state index contributed by atoms with van der Waals surface area (Å²) < 4.78 is 15.2. The van der Waals surface area contributed by atoms with Crippen molar-refractivity contribution in [3.63, 3.8) is 0 Å². The van der Waals surface area contributed by atoms with Crippen molar-refractivity contribution in [1.29, 1.82) is 0 Å². The van der Waals surface area contributed by atoms with Crippen LogP contribution in [0.4, 0.5) is 4.39 Å². The zero-order chi connectivity index (χ0) is 26.0. The van der Waals surface area contributed by atoms with Crippen molar-refractivity contribution in [2.75, 3.05) is 6.54 Å². The third kappa shape index (κ3) is 4.94. The molecule has 0 radical (unpaired) electrons. The van der Waals surface area contributed by atoms with Crippen LogP contribution in [0.3, 0.4) is 0 Å². The fraction of sp³-hybridized carbons (Fsp3) is 0.300. The van der Waals surface area contributed by atoms with Gasteiger partial charge in [-0.15, -0.1) is 0 Å². The third-order valence-electron chi connectivity index (χ3n) is 6.45. The topological polar surface area (TPSA) is 55.2 Å². The Bertz CT molecular complexity index is 1430. The van der Waals surface area contributed by atoms with Crippen LogP contribution in [0, 0.1) is 5.82 Å². The van der Waals surface area contributed by atoms with Gasteiger partial charge in [0.25, 0.3) is 11.5 Å². The van der Waals surface area contributed by atoms with E-state index >= 15 is 0 Å². The molecule has 4 aromatic rings. The highest BCUT2D eigenvalue weighted by Crippen LogP contribution is 2.27. The van der Waals surface area contributed by atoms with Crippen LogP contribution in [0.2, 0.25) is 0 Å². The fourth-order valence-corrected chi connectivity index (χ4v) is 4.40. The number of carbonyl (C=O) groups is 1. The zero-order valence-electron chi connectivity index (χ0n) is 21.5. The molecule has 0 bridgehead atoms. The van der Waals surface area contributed by atoms with Crippen molar-refractivity contribution in [2.45, 2.75) is 52.5 Å². The molecule has 186 valence electrons. The molecular weight excluding hydrogens is 453 g/mol. The van der Waals surface area contributed by atoms with Gasteiger partial charge in [0.2, 0.25) is 0 Å². The number of para-hydroxylation sites is 1. The Labute approximate surface area is 211 Å². The SMILES string of the molecule is CCCN(C(=O)c1ccc(C(C)(C)C)cc1)C(C)c1nc2ccccc2c(=O)n1-c1ccc(F)cc1. The molecule has 5 nitrogen and oxygen atoms in total. The van der Waals surface area contributed by atoms with E-state index < -0.39 is 11.9 Å². The molecule has 4 rings (SSSR count). The van der Waals surface area contributed by atoms with E-state index in [1.807, 2.05) is 44.2 Å². The van der Waals surface area contributed by atoms with Crippen molar-refractivity contribution in [3.05, 3.63) is 106 Å². The number of carbonyl (C=O) groups excluding carboxylic acids is 1. The number of rotatable bonds is 6. The van der Waals surface area contributed by atoms with E-state index in [2.05, 4.69) is 20.8 Å². The first-order chi connectivity index (χ1) is 17.1. The Balaban J connectivity index is 1.84. The average Bonchev–Trinajstić information content (AvgIpc) is 2.87. The summed E-state index contributed by atoms with van der Waals surface area (Å²) >= 11 is 0. The van der Waals surface area contributed by atoms with Crippen LogP contribution < -0.4 is 5.56 Å². The third-order valence-corrected chi connectivity index (χ3v) is 6.45. The first-order valence-electron chi connectivity index (χ1n) is 12.3. The van der Waals surface area contributed by atoms with Gasteiger partial charge in [-0.05, 0) is 72.9 Å². The quantitative estimate of drug-likeness (QED) is 0.316. The molecule has 0 saturated heterocycles. The number of fused-ring (bicyclic) bond motifs is 1. The lowest BCUT2D eigenvalue weighted by atomic mass is 9.86. The van der Waals surface area contributed by atoms with Gasteiger partial charge in [0.15, 0.2) is 0 Å². The normalized spacial score (nSPS) is 12.5. The Kier molecular flexibility index (Phi) is 7.07. The monoisotopic (exact) mass is 485 g/mol. The van der Waals surface area contributed by atoms with E-state index in [4.69, 9.17) is 4.98 Å². The number of halogens is 1. The summed E-state index contributed by atoms with van der Waals surface area (Å²) in [5.74, 6) is -0.0899. The molecule has 1 aromatic heterocycles. The smallest absolute Gasteiger partial charge is 0.266 e. The van der Waals surface area contributed by atoms with Crippen molar-refractivity contribution in [2.24, 2.45) is 0 Å². The molecular formula is C30H32FN3O2. The van der Waals surface area contributed by atoms with Crippen LogP contribution in [0.15, 0.2) is 77.6 Å². The zero-order valence-corrected chi connectivity index (χ0v) is 21.5. The molecule has 0 saturated carbocycles. The van der Waals surface area contributed by atoms with Gasteiger partial charge in [-0.3, -0.25) is 14.2 Å². The minimum Gasteiger partial charge on any atom is -0.329 e. The fourth-order valence-electron chi connectivity index (χ4n) is 4.40. The molecule has 0 aliphatic carbocycles. The second-order valence-electron chi connectivity index (χ2n) is 10.1. The first kappa shape index (κ1) is 25.3. The maximum atomic E-state index is 13.7. The summed E-state index contributed by atoms with van der Waals surface area (Å²) in [5, 5.41) is 0.462. The molecule has 1 heterocycles. The maximum Gasteiger partial charge on any atom is 0.266 e. The number of nitrogens with zero attached hydrogens (tertiary/aromatic N) is 3. The second kappa shape index (κ2) is 10.1. The van der Waals surface area contributed by atoms with E-state index in [0.717, 1.165) is 12.0 Å². The molecule has 1 amide bonds. The molecule has 0 fully saturated rings. The van der Waals surface area contributed by atoms with Gasteiger partial charge in [0, 0.05) is 12.1 Å². The summed E-state index contributed by atoms with van der Waals surface area (Å²) in [6.45, 7) is 10.8. The van der Waals surface area contributed by atoms with Crippen molar-refractivity contribution >= 4 is 16.8 Å². The van der Waals surface area contributed by atoms with Gasteiger partial charge in [-0.25, -0.2) is 9.37 Å². The van der Waals surface area contributed by atoms with Crippen LogP contribution >= 0.6 is 0 Å². The second-order valence-corrected chi connectivity index (χ2v) is 10.1. The summed E-state index contributed by atoms with van der Waals surface area (Å²) in [4.78, 5) is 33.9. The number of aromatic nitrogens is 2. The standard InChI is InChI=1S/C30H32FN3O2/c1-6-19-33(28(35)21-11-13-22(14-12-21)30(3,4)5)20(2)27-32-26-10-8-7-9-25(26)29(36)34(27)24-17-15-23(31)16-18-24/h7-18,20H,6,19H2,1-5H3. The molecule has 3 aromatic carbocycles. The van der Waals surface area contributed by atoms with Crippen molar-refractivity contribution in [1.82, 2.24) is 14.5 Å². The van der Waals surface area contributed by atoms with Gasteiger partial charge < -0.3 is 4.90 Å². The molecule has 0 spiro atoms. The predicted molar refractivity (Wildman–Crippen MR) is 142 cm³/mol. The lowest BCUT2D eigenvalue weighted by Crippen LogP contribution is -2.38. The number of hydrogen-bond donors (Lipinski definition) is 0. The largest absolute Gasteiger partial charge is 0.329 e. The summed E-state index contributed by atoms with van der Waals surface area (Å²) in [5.41, 5.74) is 2.52. The van der Waals surface area contributed by atoms with Crippen LogP contribution in [0.1, 0.15) is 68.8 Å². The highest BCUT2D eigenvalue weighted by Gasteiger charge is 2.27. The van der Waals surface area contributed by atoms with Crippen LogP contribution in [-0.2, 0) is 5.41 Å². The molecule has 1 atom stereocenters. The molecule has 1 unspecified atom stereocenters. The van der Waals surface area contributed by atoms with Gasteiger partial charge in [-0.1, -0.05) is 52.0 Å². The van der Waals surface area contributed by atoms with Gasteiger partial charge in [0.1, 0.15) is 11.6 Å². The first-order valence-corrected chi connectivity index (χ1v) is 12.3. The minimum absolute atomic E-state index is 0.0157.